The fourth-order valence-electron chi connectivity index (χ4n) is 2.41. The maximum Gasteiger partial charge on any atom is 0.326 e. The fourth-order valence-corrected chi connectivity index (χ4v) is 2.41. The first-order valence-corrected chi connectivity index (χ1v) is 8.81. The van der Waals surface area contributed by atoms with Crippen LogP contribution in [-0.4, -0.2) is 46.9 Å². The maximum atomic E-state index is 12.5. The third-order valence-corrected chi connectivity index (χ3v) is 3.70. The second-order valence-corrected chi connectivity index (χ2v) is 7.33. The highest BCUT2D eigenvalue weighted by Crippen LogP contribution is 2.08. The van der Waals surface area contributed by atoms with Gasteiger partial charge in [0.1, 0.15) is 12.1 Å². The summed E-state index contributed by atoms with van der Waals surface area (Å²) in [6.07, 6.45) is 0.514. The Kier molecular flexibility index (Phi) is 10.5. The SMILES string of the molecule is CC(C)CC(N)C(=O)NC(CCC(N)=O)C(=O)NC(CC(C)C)C(=O)O. The van der Waals surface area contributed by atoms with Crippen molar-refractivity contribution in [1.82, 2.24) is 10.6 Å². The molecule has 3 amide bonds. The van der Waals surface area contributed by atoms with Crippen LogP contribution in [-0.2, 0) is 19.2 Å². The van der Waals surface area contributed by atoms with Crippen molar-refractivity contribution in [1.29, 1.82) is 0 Å². The van der Waals surface area contributed by atoms with E-state index in [4.69, 9.17) is 11.5 Å². The third-order valence-electron chi connectivity index (χ3n) is 3.70. The van der Waals surface area contributed by atoms with Gasteiger partial charge in [0.25, 0.3) is 0 Å². The highest BCUT2D eigenvalue weighted by molar-refractivity contribution is 5.92. The average molecular weight is 372 g/mol. The lowest BCUT2D eigenvalue weighted by molar-refractivity contribution is -0.142. The molecular formula is C17H32N4O5. The number of carbonyl (C=O) groups is 4. The Balaban J connectivity index is 5.08. The lowest BCUT2D eigenvalue weighted by Crippen LogP contribution is -2.55. The predicted octanol–water partition coefficient (Wildman–Crippen LogP) is -0.274. The molecule has 0 aromatic rings. The second-order valence-electron chi connectivity index (χ2n) is 7.33. The van der Waals surface area contributed by atoms with E-state index in [1.165, 1.54) is 0 Å². The molecule has 3 unspecified atom stereocenters. The molecule has 9 heteroatoms. The van der Waals surface area contributed by atoms with E-state index in [1.54, 1.807) is 0 Å². The predicted molar refractivity (Wildman–Crippen MR) is 96.8 cm³/mol. The first-order valence-electron chi connectivity index (χ1n) is 8.81. The highest BCUT2D eigenvalue weighted by Gasteiger charge is 2.28. The third kappa shape index (κ3) is 9.97. The first kappa shape index (κ1) is 23.8. The van der Waals surface area contributed by atoms with Gasteiger partial charge in [-0.2, -0.15) is 0 Å². The molecule has 0 bridgehead atoms. The minimum atomic E-state index is -1.16. The van der Waals surface area contributed by atoms with E-state index in [0.29, 0.717) is 6.42 Å². The van der Waals surface area contributed by atoms with Gasteiger partial charge in [0.2, 0.25) is 17.7 Å². The van der Waals surface area contributed by atoms with E-state index in [1.807, 2.05) is 27.7 Å². The Bertz CT molecular complexity index is 507. The Morgan fingerprint density at radius 3 is 1.81 bits per heavy atom. The van der Waals surface area contributed by atoms with Crippen molar-refractivity contribution in [2.45, 2.75) is 71.5 Å². The Labute approximate surface area is 154 Å². The number of carboxylic acids is 1. The molecule has 0 aromatic carbocycles. The van der Waals surface area contributed by atoms with Crippen molar-refractivity contribution >= 4 is 23.7 Å². The number of nitrogens with two attached hydrogens (primary N) is 2. The van der Waals surface area contributed by atoms with Gasteiger partial charge in [-0.25, -0.2) is 4.79 Å². The summed E-state index contributed by atoms with van der Waals surface area (Å²) < 4.78 is 0. The van der Waals surface area contributed by atoms with Crippen molar-refractivity contribution in [3.8, 4) is 0 Å². The Morgan fingerprint density at radius 1 is 0.885 bits per heavy atom. The number of amides is 3. The summed E-state index contributed by atoms with van der Waals surface area (Å²) in [5.74, 6) is -2.75. The maximum absolute atomic E-state index is 12.5. The summed E-state index contributed by atoms with van der Waals surface area (Å²) in [5, 5.41) is 14.2. The van der Waals surface area contributed by atoms with Crippen molar-refractivity contribution in [2.75, 3.05) is 0 Å². The van der Waals surface area contributed by atoms with Crippen LogP contribution in [0.25, 0.3) is 0 Å². The van der Waals surface area contributed by atoms with Crippen LogP contribution in [0.15, 0.2) is 0 Å². The van der Waals surface area contributed by atoms with Crippen LogP contribution in [0.1, 0.15) is 53.4 Å². The molecular weight excluding hydrogens is 340 g/mol. The molecule has 0 aliphatic rings. The van der Waals surface area contributed by atoms with Crippen molar-refractivity contribution in [3.63, 3.8) is 0 Å². The molecule has 0 fully saturated rings. The van der Waals surface area contributed by atoms with Gasteiger partial charge in [-0.3, -0.25) is 14.4 Å². The molecule has 0 aromatic heterocycles. The van der Waals surface area contributed by atoms with Gasteiger partial charge in [0.05, 0.1) is 6.04 Å². The van der Waals surface area contributed by atoms with Gasteiger partial charge >= 0.3 is 5.97 Å². The monoisotopic (exact) mass is 372 g/mol. The van der Waals surface area contributed by atoms with Crippen molar-refractivity contribution < 1.29 is 24.3 Å². The van der Waals surface area contributed by atoms with Gasteiger partial charge in [-0.05, 0) is 31.1 Å². The number of hydrogen-bond acceptors (Lipinski definition) is 5. The van der Waals surface area contributed by atoms with E-state index < -0.39 is 41.8 Å². The van der Waals surface area contributed by atoms with E-state index in [-0.39, 0.29) is 31.1 Å². The largest absolute Gasteiger partial charge is 0.480 e. The van der Waals surface area contributed by atoms with Gasteiger partial charge in [0.15, 0.2) is 0 Å². The molecule has 0 aliphatic heterocycles. The topological polar surface area (TPSA) is 165 Å². The zero-order valence-corrected chi connectivity index (χ0v) is 16.0. The van der Waals surface area contributed by atoms with Crippen LogP contribution < -0.4 is 22.1 Å². The van der Waals surface area contributed by atoms with Crippen LogP contribution >= 0.6 is 0 Å². The molecule has 0 spiro atoms. The number of hydrogen-bond donors (Lipinski definition) is 5. The molecule has 7 N–H and O–H groups in total. The summed E-state index contributed by atoms with van der Waals surface area (Å²) in [4.78, 5) is 47.0. The van der Waals surface area contributed by atoms with Crippen LogP contribution in [0.4, 0.5) is 0 Å². The number of primary amides is 1. The van der Waals surface area contributed by atoms with Crippen molar-refractivity contribution in [2.24, 2.45) is 23.3 Å². The van der Waals surface area contributed by atoms with Gasteiger partial charge in [-0.15, -0.1) is 0 Å². The van der Waals surface area contributed by atoms with Crippen LogP contribution in [0, 0.1) is 11.8 Å². The fraction of sp³-hybridized carbons (Fsp3) is 0.765. The quantitative estimate of drug-likeness (QED) is 0.316. The van der Waals surface area contributed by atoms with Crippen LogP contribution in [0.3, 0.4) is 0 Å². The molecule has 0 rings (SSSR count). The lowest BCUT2D eigenvalue weighted by Gasteiger charge is -2.23. The minimum absolute atomic E-state index is 0.0324. The lowest BCUT2D eigenvalue weighted by atomic mass is 10.0. The van der Waals surface area contributed by atoms with Gasteiger partial charge < -0.3 is 27.2 Å². The minimum Gasteiger partial charge on any atom is -0.480 e. The summed E-state index contributed by atoms with van der Waals surface area (Å²) in [6.45, 7) is 7.49. The normalized spacial score (nSPS) is 14.6. The zero-order chi connectivity index (χ0) is 20.4. The Morgan fingerprint density at radius 2 is 1.38 bits per heavy atom. The zero-order valence-electron chi connectivity index (χ0n) is 16.0. The van der Waals surface area contributed by atoms with Crippen LogP contribution in [0.5, 0.6) is 0 Å². The molecule has 0 aliphatic carbocycles. The van der Waals surface area contributed by atoms with Crippen molar-refractivity contribution in [3.05, 3.63) is 0 Å². The summed E-state index contributed by atoms with van der Waals surface area (Å²) in [6, 6.07) is -2.97. The smallest absolute Gasteiger partial charge is 0.326 e. The average Bonchev–Trinajstić information content (AvgIpc) is 2.48. The molecule has 0 heterocycles. The van der Waals surface area contributed by atoms with E-state index in [0.717, 1.165) is 0 Å². The van der Waals surface area contributed by atoms with E-state index in [9.17, 15) is 24.3 Å². The first-order chi connectivity index (χ1) is 11.9. The Hall–Kier alpha value is -2.16. The summed E-state index contributed by atoms with van der Waals surface area (Å²) >= 11 is 0. The number of nitrogens with one attached hydrogen (secondary N) is 2. The molecule has 9 nitrogen and oxygen atoms in total. The molecule has 26 heavy (non-hydrogen) atoms. The molecule has 3 atom stereocenters. The molecule has 0 saturated heterocycles. The van der Waals surface area contributed by atoms with Gasteiger partial charge in [-0.1, -0.05) is 27.7 Å². The summed E-state index contributed by atoms with van der Waals surface area (Å²) in [5.41, 5.74) is 10.9. The number of carboxylic acid groups (broad SMARTS) is 1. The molecule has 0 radical (unpaired) electrons. The van der Waals surface area contributed by atoms with Gasteiger partial charge in [0, 0.05) is 6.42 Å². The van der Waals surface area contributed by atoms with E-state index >= 15 is 0 Å². The number of aliphatic carboxylic acids is 1. The molecule has 150 valence electrons. The standard InChI is InChI=1S/C17H32N4O5/c1-9(2)7-11(18)15(23)20-12(5-6-14(19)22)16(24)21-13(17(25)26)8-10(3)4/h9-13H,5-8,18H2,1-4H3,(H2,19,22)(H,20,23)(H,21,24)(H,25,26). The number of carbonyl (C=O) groups excluding carboxylic acids is 3. The number of rotatable bonds is 12. The van der Waals surface area contributed by atoms with E-state index in [2.05, 4.69) is 10.6 Å². The second kappa shape index (κ2) is 11.5. The molecule has 0 saturated carbocycles. The van der Waals surface area contributed by atoms with Crippen LogP contribution in [0.2, 0.25) is 0 Å². The summed E-state index contributed by atoms with van der Waals surface area (Å²) in [7, 11) is 0. The highest BCUT2D eigenvalue weighted by atomic mass is 16.4.